The lowest BCUT2D eigenvalue weighted by Gasteiger charge is -2.29. The molecule has 1 aliphatic rings. The molecule has 1 aliphatic heterocycles. The molecule has 1 fully saturated rings. The van der Waals surface area contributed by atoms with Crippen LogP contribution in [0.2, 0.25) is 0 Å². The van der Waals surface area contributed by atoms with Crippen molar-refractivity contribution in [1.82, 2.24) is 14.2 Å². The average Bonchev–Trinajstić information content (AvgIpc) is 2.78. The lowest BCUT2D eigenvalue weighted by molar-refractivity contribution is 0.0102. The molecule has 1 aromatic rings. The summed E-state index contributed by atoms with van der Waals surface area (Å²) < 4.78 is 34.0. The maximum Gasteiger partial charge on any atom is 0.244 e. The van der Waals surface area contributed by atoms with Crippen molar-refractivity contribution < 1.29 is 13.2 Å². The molecule has 20 heavy (non-hydrogen) atoms. The maximum absolute atomic E-state index is 12.6. The molecular formula is C13H23N3O3S. The van der Waals surface area contributed by atoms with E-state index in [-0.39, 0.29) is 6.10 Å². The van der Waals surface area contributed by atoms with Crippen molar-refractivity contribution in [1.29, 1.82) is 0 Å². The number of hydrogen-bond donors (Lipinski definition) is 1. The van der Waals surface area contributed by atoms with Gasteiger partial charge in [-0.25, -0.2) is 8.42 Å². The summed E-state index contributed by atoms with van der Waals surface area (Å²) >= 11 is 0. The molecule has 0 spiro atoms. The normalized spacial score (nSPS) is 21.2. The first-order valence-electron chi connectivity index (χ1n) is 6.93. The molecule has 1 atom stereocenters. The second kappa shape index (κ2) is 6.26. The molecule has 0 saturated carbocycles. The Morgan fingerprint density at radius 3 is 2.90 bits per heavy atom. The van der Waals surface area contributed by atoms with Crippen LogP contribution in [0.25, 0.3) is 0 Å². The highest BCUT2D eigenvalue weighted by Gasteiger charge is 2.30. The molecule has 114 valence electrons. The highest BCUT2D eigenvalue weighted by molar-refractivity contribution is 7.89. The van der Waals surface area contributed by atoms with E-state index >= 15 is 0 Å². The molecule has 2 rings (SSSR count). The highest BCUT2D eigenvalue weighted by atomic mass is 32.2. The Kier molecular flexibility index (Phi) is 4.85. The predicted octanol–water partition coefficient (Wildman–Crippen LogP) is 0.544. The van der Waals surface area contributed by atoms with Crippen LogP contribution in [0.1, 0.15) is 19.5 Å². The SMILES string of the molecule is CCNCc1cc(S(=O)(=O)N2CCOC(C)C2)cn1C. The summed E-state index contributed by atoms with van der Waals surface area (Å²) in [5, 5.41) is 3.21. The number of nitrogens with one attached hydrogen (secondary N) is 1. The second-order valence-corrected chi connectivity index (χ2v) is 7.04. The van der Waals surface area contributed by atoms with Crippen molar-refractivity contribution >= 4 is 10.0 Å². The van der Waals surface area contributed by atoms with Gasteiger partial charge < -0.3 is 14.6 Å². The van der Waals surface area contributed by atoms with E-state index in [9.17, 15) is 8.42 Å². The fourth-order valence-corrected chi connectivity index (χ4v) is 3.90. The Morgan fingerprint density at radius 1 is 1.50 bits per heavy atom. The molecule has 1 N–H and O–H groups in total. The zero-order valence-corrected chi connectivity index (χ0v) is 13.1. The van der Waals surface area contributed by atoms with Gasteiger partial charge in [-0.05, 0) is 19.5 Å². The second-order valence-electron chi connectivity index (χ2n) is 5.10. The lowest BCUT2D eigenvalue weighted by atomic mass is 10.3. The van der Waals surface area contributed by atoms with Gasteiger partial charge in [0.25, 0.3) is 0 Å². The number of ether oxygens (including phenoxy) is 1. The lowest BCUT2D eigenvalue weighted by Crippen LogP contribution is -2.44. The molecule has 2 heterocycles. The number of nitrogens with zero attached hydrogens (tertiary/aromatic N) is 2. The predicted molar refractivity (Wildman–Crippen MR) is 77.0 cm³/mol. The Balaban J connectivity index is 2.21. The molecule has 7 heteroatoms. The van der Waals surface area contributed by atoms with Crippen molar-refractivity contribution in [3.63, 3.8) is 0 Å². The van der Waals surface area contributed by atoms with Crippen LogP contribution in [0.5, 0.6) is 0 Å². The van der Waals surface area contributed by atoms with Gasteiger partial charge in [-0.15, -0.1) is 0 Å². The molecule has 0 aliphatic carbocycles. The monoisotopic (exact) mass is 301 g/mol. The number of hydrogen-bond acceptors (Lipinski definition) is 4. The maximum atomic E-state index is 12.6. The number of aryl methyl sites for hydroxylation is 1. The van der Waals surface area contributed by atoms with E-state index in [0.29, 0.717) is 31.1 Å². The first-order valence-corrected chi connectivity index (χ1v) is 8.37. The van der Waals surface area contributed by atoms with Crippen LogP contribution in [0.4, 0.5) is 0 Å². The van der Waals surface area contributed by atoms with Crippen LogP contribution in [0.3, 0.4) is 0 Å². The topological polar surface area (TPSA) is 63.6 Å². The van der Waals surface area contributed by atoms with E-state index in [1.54, 1.807) is 12.3 Å². The van der Waals surface area contributed by atoms with Crippen LogP contribution in [-0.4, -0.2) is 49.6 Å². The summed E-state index contributed by atoms with van der Waals surface area (Å²) in [4.78, 5) is 0.363. The van der Waals surface area contributed by atoms with E-state index in [4.69, 9.17) is 4.74 Å². The van der Waals surface area contributed by atoms with E-state index in [2.05, 4.69) is 5.32 Å². The van der Waals surface area contributed by atoms with Crippen molar-refractivity contribution in [3.8, 4) is 0 Å². The standard InChI is InChI=1S/C13H23N3O3S/c1-4-14-8-12-7-13(10-15(12)3)20(17,18)16-5-6-19-11(2)9-16/h7,10-11,14H,4-6,8-9H2,1-3H3. The molecule has 0 amide bonds. The third-order valence-corrected chi connectivity index (χ3v) is 5.31. The summed E-state index contributed by atoms with van der Waals surface area (Å²) in [5.74, 6) is 0. The largest absolute Gasteiger partial charge is 0.376 e. The van der Waals surface area contributed by atoms with E-state index in [1.165, 1.54) is 4.31 Å². The fourth-order valence-electron chi connectivity index (χ4n) is 2.30. The summed E-state index contributed by atoms with van der Waals surface area (Å²) in [6, 6.07) is 1.75. The van der Waals surface area contributed by atoms with Gasteiger partial charge >= 0.3 is 0 Å². The quantitative estimate of drug-likeness (QED) is 0.862. The van der Waals surface area contributed by atoms with Gasteiger partial charge in [-0.1, -0.05) is 6.92 Å². The summed E-state index contributed by atoms with van der Waals surface area (Å²) in [5.41, 5.74) is 0.965. The number of rotatable bonds is 5. The molecular weight excluding hydrogens is 278 g/mol. The van der Waals surface area contributed by atoms with Crippen LogP contribution < -0.4 is 5.32 Å². The zero-order valence-electron chi connectivity index (χ0n) is 12.3. The molecule has 0 aromatic carbocycles. The Labute approximate surface area is 120 Å². The molecule has 6 nitrogen and oxygen atoms in total. The average molecular weight is 301 g/mol. The third kappa shape index (κ3) is 3.22. The first kappa shape index (κ1) is 15.5. The van der Waals surface area contributed by atoms with Crippen LogP contribution >= 0.6 is 0 Å². The molecule has 1 saturated heterocycles. The van der Waals surface area contributed by atoms with Gasteiger partial charge in [0.15, 0.2) is 0 Å². The van der Waals surface area contributed by atoms with E-state index < -0.39 is 10.0 Å². The van der Waals surface area contributed by atoms with Crippen LogP contribution in [0.15, 0.2) is 17.2 Å². The van der Waals surface area contributed by atoms with Crippen molar-refractivity contribution in [2.75, 3.05) is 26.2 Å². The molecule has 1 unspecified atom stereocenters. The third-order valence-electron chi connectivity index (χ3n) is 3.48. The fraction of sp³-hybridized carbons (Fsp3) is 0.692. The van der Waals surface area contributed by atoms with Crippen molar-refractivity contribution in [2.45, 2.75) is 31.4 Å². The summed E-state index contributed by atoms with van der Waals surface area (Å²) in [7, 11) is -1.55. The molecule has 0 bridgehead atoms. The molecule has 0 radical (unpaired) electrons. The van der Waals surface area contributed by atoms with E-state index in [1.807, 2.05) is 25.5 Å². The van der Waals surface area contributed by atoms with Crippen molar-refractivity contribution in [3.05, 3.63) is 18.0 Å². The van der Waals surface area contributed by atoms with Gasteiger partial charge in [0, 0.05) is 38.6 Å². The van der Waals surface area contributed by atoms with Crippen LogP contribution in [-0.2, 0) is 28.4 Å². The van der Waals surface area contributed by atoms with Crippen molar-refractivity contribution in [2.24, 2.45) is 7.05 Å². The van der Waals surface area contributed by atoms with Gasteiger partial charge in [-0.3, -0.25) is 0 Å². The van der Waals surface area contributed by atoms with Gasteiger partial charge in [0.2, 0.25) is 10.0 Å². The molecule has 1 aromatic heterocycles. The first-order chi connectivity index (χ1) is 9.45. The zero-order chi connectivity index (χ0) is 14.8. The minimum absolute atomic E-state index is 0.0523. The minimum atomic E-state index is -3.42. The van der Waals surface area contributed by atoms with Gasteiger partial charge in [0.05, 0.1) is 12.7 Å². The Morgan fingerprint density at radius 2 is 2.25 bits per heavy atom. The Bertz CT molecular complexity index is 553. The smallest absolute Gasteiger partial charge is 0.244 e. The Hall–Kier alpha value is -0.890. The number of aromatic nitrogens is 1. The number of morpholine rings is 1. The van der Waals surface area contributed by atoms with Gasteiger partial charge in [0.1, 0.15) is 4.90 Å². The van der Waals surface area contributed by atoms with Crippen LogP contribution in [0, 0.1) is 0 Å². The summed E-state index contributed by atoms with van der Waals surface area (Å²) in [6.07, 6.45) is 1.63. The van der Waals surface area contributed by atoms with Gasteiger partial charge in [-0.2, -0.15) is 4.31 Å². The summed E-state index contributed by atoms with van der Waals surface area (Å²) in [6.45, 7) is 6.73. The highest BCUT2D eigenvalue weighted by Crippen LogP contribution is 2.20. The van der Waals surface area contributed by atoms with E-state index in [0.717, 1.165) is 12.2 Å². The number of sulfonamides is 1. The minimum Gasteiger partial charge on any atom is -0.376 e.